The van der Waals surface area contributed by atoms with E-state index in [0.717, 1.165) is 18.1 Å². The van der Waals surface area contributed by atoms with Gasteiger partial charge in [-0.05, 0) is 19.3 Å². The highest BCUT2D eigenvalue weighted by Crippen LogP contribution is 2.26. The summed E-state index contributed by atoms with van der Waals surface area (Å²) in [7, 11) is -2.83. The number of aromatic nitrogens is 2. The van der Waals surface area contributed by atoms with Crippen molar-refractivity contribution in [2.75, 3.05) is 11.5 Å². The van der Waals surface area contributed by atoms with Crippen LogP contribution in [0.25, 0.3) is 0 Å². The van der Waals surface area contributed by atoms with Gasteiger partial charge < -0.3 is 10.3 Å². The molecule has 2 heterocycles. The normalized spacial score (nSPS) is 27.4. The molecule has 1 aliphatic heterocycles. The summed E-state index contributed by atoms with van der Waals surface area (Å²) in [5, 5.41) is 3.40. The summed E-state index contributed by atoms with van der Waals surface area (Å²) in [4.78, 5) is 7.54. The average Bonchev–Trinajstić information content (AvgIpc) is 2.86. The summed E-state index contributed by atoms with van der Waals surface area (Å²) in [5.74, 6) is 1.44. The first-order valence-electron chi connectivity index (χ1n) is 6.10. The number of hydrogen-bond acceptors (Lipinski definition) is 4. The van der Waals surface area contributed by atoms with Crippen molar-refractivity contribution in [3.63, 3.8) is 0 Å². The molecule has 0 radical (unpaired) electrons. The van der Waals surface area contributed by atoms with Gasteiger partial charge in [0.2, 0.25) is 0 Å². The largest absolute Gasteiger partial charge is 0.345 e. The second kappa shape index (κ2) is 4.10. The van der Waals surface area contributed by atoms with E-state index >= 15 is 0 Å². The molecule has 94 valence electrons. The highest BCUT2D eigenvalue weighted by molar-refractivity contribution is 7.91. The van der Waals surface area contributed by atoms with E-state index in [1.807, 2.05) is 6.20 Å². The van der Waals surface area contributed by atoms with Crippen molar-refractivity contribution in [3.05, 3.63) is 17.7 Å². The lowest BCUT2D eigenvalue weighted by Gasteiger charge is -2.03. The van der Waals surface area contributed by atoms with Gasteiger partial charge in [-0.25, -0.2) is 13.4 Å². The van der Waals surface area contributed by atoms with Crippen LogP contribution in [0.15, 0.2) is 6.20 Å². The standard InChI is InChI=1S/C11H17N3O2S/c15-17(16)4-3-8(7-17)11-13-6-10(14-11)5-12-9-1-2-9/h6,8-9,12H,1-5,7H2,(H,13,14). The first-order chi connectivity index (χ1) is 8.12. The summed E-state index contributed by atoms with van der Waals surface area (Å²) in [5.41, 5.74) is 1.05. The monoisotopic (exact) mass is 255 g/mol. The Hall–Kier alpha value is -0.880. The fraction of sp³-hybridized carbons (Fsp3) is 0.727. The lowest BCUT2D eigenvalue weighted by atomic mass is 10.1. The predicted octanol–water partition coefficient (Wildman–Crippen LogP) is 0.564. The molecule has 1 saturated heterocycles. The number of nitrogens with one attached hydrogen (secondary N) is 2. The Balaban J connectivity index is 1.63. The van der Waals surface area contributed by atoms with E-state index in [4.69, 9.17) is 0 Å². The molecule has 17 heavy (non-hydrogen) atoms. The lowest BCUT2D eigenvalue weighted by molar-refractivity contribution is 0.601. The van der Waals surface area contributed by atoms with Gasteiger partial charge in [-0.15, -0.1) is 0 Å². The highest BCUT2D eigenvalue weighted by atomic mass is 32.2. The molecule has 5 nitrogen and oxygen atoms in total. The van der Waals surface area contributed by atoms with Crippen LogP contribution in [0.3, 0.4) is 0 Å². The molecule has 0 aromatic carbocycles. The predicted molar refractivity (Wildman–Crippen MR) is 64.5 cm³/mol. The molecule has 1 aliphatic carbocycles. The molecular formula is C11H17N3O2S. The van der Waals surface area contributed by atoms with Gasteiger partial charge in [-0.2, -0.15) is 0 Å². The maximum atomic E-state index is 11.4. The third-order valence-electron chi connectivity index (χ3n) is 3.43. The SMILES string of the molecule is O=S1(=O)CCC(c2ncc(CNC3CC3)[nH]2)C1. The quantitative estimate of drug-likeness (QED) is 0.824. The molecule has 6 heteroatoms. The first kappa shape index (κ1) is 11.2. The Morgan fingerprint density at radius 1 is 1.41 bits per heavy atom. The molecule has 1 atom stereocenters. The summed E-state index contributed by atoms with van der Waals surface area (Å²) in [6.45, 7) is 0.803. The van der Waals surface area contributed by atoms with Crippen molar-refractivity contribution in [3.8, 4) is 0 Å². The third-order valence-corrected chi connectivity index (χ3v) is 5.19. The van der Waals surface area contributed by atoms with Crippen molar-refractivity contribution in [2.24, 2.45) is 0 Å². The van der Waals surface area contributed by atoms with Gasteiger partial charge >= 0.3 is 0 Å². The Bertz CT molecular complexity index is 505. The van der Waals surface area contributed by atoms with Gasteiger partial charge in [-0.1, -0.05) is 0 Å². The minimum Gasteiger partial charge on any atom is -0.345 e. The number of aromatic amines is 1. The summed E-state index contributed by atoms with van der Waals surface area (Å²) >= 11 is 0. The van der Waals surface area contributed by atoms with Crippen molar-refractivity contribution < 1.29 is 8.42 Å². The molecule has 2 N–H and O–H groups in total. The van der Waals surface area contributed by atoms with Crippen LogP contribution in [0, 0.1) is 0 Å². The van der Waals surface area contributed by atoms with E-state index in [1.54, 1.807) is 0 Å². The zero-order valence-corrected chi connectivity index (χ0v) is 10.5. The number of rotatable bonds is 4. The number of imidazole rings is 1. The summed E-state index contributed by atoms with van der Waals surface area (Å²) in [6, 6.07) is 0.675. The van der Waals surface area contributed by atoms with E-state index in [0.29, 0.717) is 18.2 Å². The lowest BCUT2D eigenvalue weighted by Crippen LogP contribution is -2.15. The molecule has 3 rings (SSSR count). The number of nitrogens with zero attached hydrogens (tertiary/aromatic N) is 1. The van der Waals surface area contributed by atoms with E-state index in [2.05, 4.69) is 15.3 Å². The van der Waals surface area contributed by atoms with Gasteiger partial charge in [0.25, 0.3) is 0 Å². The molecule has 1 saturated carbocycles. The molecule has 1 aromatic rings. The van der Waals surface area contributed by atoms with Crippen LogP contribution in [0.5, 0.6) is 0 Å². The van der Waals surface area contributed by atoms with Crippen molar-refractivity contribution in [1.82, 2.24) is 15.3 Å². The van der Waals surface area contributed by atoms with Crippen molar-refractivity contribution in [1.29, 1.82) is 0 Å². The number of hydrogen-bond donors (Lipinski definition) is 2. The third kappa shape index (κ3) is 2.69. The van der Waals surface area contributed by atoms with Gasteiger partial charge in [0, 0.05) is 30.4 Å². The topological polar surface area (TPSA) is 74.8 Å². The van der Waals surface area contributed by atoms with Crippen LogP contribution in [-0.4, -0.2) is 35.9 Å². The van der Waals surface area contributed by atoms with Gasteiger partial charge in [-0.3, -0.25) is 0 Å². The Labute approximate surface area is 101 Å². The molecule has 2 aliphatic rings. The smallest absolute Gasteiger partial charge is 0.151 e. The highest BCUT2D eigenvalue weighted by Gasteiger charge is 2.30. The van der Waals surface area contributed by atoms with Crippen LogP contribution in [0.2, 0.25) is 0 Å². The fourth-order valence-electron chi connectivity index (χ4n) is 2.23. The van der Waals surface area contributed by atoms with Crippen LogP contribution in [0.1, 0.15) is 36.7 Å². The minimum atomic E-state index is -2.83. The van der Waals surface area contributed by atoms with E-state index in [-0.39, 0.29) is 11.7 Å². The van der Waals surface area contributed by atoms with E-state index < -0.39 is 9.84 Å². The molecular weight excluding hydrogens is 238 g/mol. The molecule has 0 amide bonds. The Morgan fingerprint density at radius 2 is 2.24 bits per heavy atom. The molecule has 0 spiro atoms. The number of sulfone groups is 1. The van der Waals surface area contributed by atoms with Gasteiger partial charge in [0.1, 0.15) is 5.82 Å². The zero-order chi connectivity index (χ0) is 11.9. The Kier molecular flexibility index (Phi) is 2.71. The van der Waals surface area contributed by atoms with Crippen LogP contribution >= 0.6 is 0 Å². The maximum Gasteiger partial charge on any atom is 0.151 e. The molecule has 1 aromatic heterocycles. The maximum absolute atomic E-state index is 11.4. The minimum absolute atomic E-state index is 0.0645. The molecule has 1 unspecified atom stereocenters. The zero-order valence-electron chi connectivity index (χ0n) is 9.65. The van der Waals surface area contributed by atoms with E-state index in [9.17, 15) is 8.42 Å². The van der Waals surface area contributed by atoms with Crippen LogP contribution in [0.4, 0.5) is 0 Å². The Morgan fingerprint density at radius 3 is 2.88 bits per heavy atom. The molecule has 2 fully saturated rings. The summed E-state index contributed by atoms with van der Waals surface area (Å²) in [6.07, 6.45) is 5.05. The fourth-order valence-corrected chi connectivity index (χ4v) is 3.97. The summed E-state index contributed by atoms with van der Waals surface area (Å²) < 4.78 is 22.8. The van der Waals surface area contributed by atoms with Crippen LogP contribution in [-0.2, 0) is 16.4 Å². The van der Waals surface area contributed by atoms with Gasteiger partial charge in [0.05, 0.1) is 11.5 Å². The second-order valence-electron chi connectivity index (χ2n) is 5.05. The number of H-pyrrole nitrogens is 1. The van der Waals surface area contributed by atoms with E-state index in [1.165, 1.54) is 12.8 Å². The van der Waals surface area contributed by atoms with Gasteiger partial charge in [0.15, 0.2) is 9.84 Å². The van der Waals surface area contributed by atoms with Crippen molar-refractivity contribution >= 4 is 9.84 Å². The van der Waals surface area contributed by atoms with Crippen molar-refractivity contribution in [2.45, 2.75) is 37.8 Å². The first-order valence-corrected chi connectivity index (χ1v) is 7.92. The average molecular weight is 255 g/mol. The second-order valence-corrected chi connectivity index (χ2v) is 7.28. The van der Waals surface area contributed by atoms with Crippen LogP contribution < -0.4 is 5.32 Å². The molecule has 0 bridgehead atoms.